The van der Waals surface area contributed by atoms with Crippen LogP contribution in [0.25, 0.3) is 0 Å². The van der Waals surface area contributed by atoms with Gasteiger partial charge in [0, 0.05) is 6.42 Å². The molecule has 0 aromatic rings. The highest BCUT2D eigenvalue weighted by Gasteiger charge is 2.31. The van der Waals surface area contributed by atoms with Gasteiger partial charge in [-0.25, -0.2) is 4.79 Å². The van der Waals surface area contributed by atoms with E-state index in [4.69, 9.17) is 0 Å². The molecule has 0 aliphatic heterocycles. The highest BCUT2D eigenvalue weighted by molar-refractivity contribution is 5.87. The molecule has 0 radical (unpaired) electrons. The Bertz CT molecular complexity index is 218. The lowest BCUT2D eigenvalue weighted by Gasteiger charge is -2.29. The fourth-order valence-electron chi connectivity index (χ4n) is 1.16. The summed E-state index contributed by atoms with van der Waals surface area (Å²) in [5.74, 6) is 0.0166. The molecule has 0 bridgehead atoms. The highest BCUT2D eigenvalue weighted by Crippen LogP contribution is 2.20. The lowest BCUT2D eigenvalue weighted by molar-refractivity contribution is -0.123. The second-order valence-electron chi connectivity index (χ2n) is 4.25. The van der Waals surface area contributed by atoms with Crippen LogP contribution in [-0.4, -0.2) is 25.0 Å². The summed E-state index contributed by atoms with van der Waals surface area (Å²) in [4.78, 5) is 22.5. The predicted molar refractivity (Wildman–Crippen MR) is 54.1 cm³/mol. The highest BCUT2D eigenvalue weighted by atomic mass is 16.5. The van der Waals surface area contributed by atoms with Crippen LogP contribution < -0.4 is 5.32 Å². The molecule has 0 spiro atoms. The molecule has 4 heteroatoms. The first-order valence-corrected chi connectivity index (χ1v) is 4.70. The van der Waals surface area contributed by atoms with Gasteiger partial charge in [-0.15, -0.1) is 0 Å². The summed E-state index contributed by atoms with van der Waals surface area (Å²) in [6, 6.07) is -0.486. The first-order chi connectivity index (χ1) is 6.32. The summed E-state index contributed by atoms with van der Waals surface area (Å²) in [6.45, 7) is 7.49. The van der Waals surface area contributed by atoms with Crippen LogP contribution in [-0.2, 0) is 9.53 Å². The molecular formula is C10H19NO3. The first kappa shape index (κ1) is 12.9. The molecule has 0 aromatic heterocycles. The zero-order chi connectivity index (χ0) is 11.4. The standard InChI is InChI=1S/C10H19NO3/c1-6-7(12)8(10(2,3)4)11-9(13)14-5/h8H,6H2,1-5H3,(H,11,13)/t8-/m0/s1. The molecule has 82 valence electrons. The van der Waals surface area contributed by atoms with Crippen LogP contribution >= 0.6 is 0 Å². The lowest BCUT2D eigenvalue weighted by atomic mass is 9.83. The Labute approximate surface area is 85.0 Å². The third-order valence-corrected chi connectivity index (χ3v) is 1.98. The number of alkyl carbamates (subject to hydrolysis) is 1. The normalized spacial score (nSPS) is 13.2. The van der Waals surface area contributed by atoms with Gasteiger partial charge in [0.2, 0.25) is 0 Å². The Morgan fingerprint density at radius 1 is 1.36 bits per heavy atom. The van der Waals surface area contributed by atoms with E-state index < -0.39 is 12.1 Å². The van der Waals surface area contributed by atoms with E-state index in [1.807, 2.05) is 20.8 Å². The lowest BCUT2D eigenvalue weighted by Crippen LogP contribution is -2.48. The van der Waals surface area contributed by atoms with Crippen molar-refractivity contribution in [1.29, 1.82) is 0 Å². The summed E-state index contributed by atoms with van der Waals surface area (Å²) < 4.78 is 4.47. The van der Waals surface area contributed by atoms with Gasteiger partial charge in [-0.2, -0.15) is 0 Å². The van der Waals surface area contributed by atoms with E-state index in [-0.39, 0.29) is 11.2 Å². The Balaban J connectivity index is 4.58. The van der Waals surface area contributed by atoms with Gasteiger partial charge in [-0.05, 0) is 5.41 Å². The van der Waals surface area contributed by atoms with Crippen molar-refractivity contribution in [1.82, 2.24) is 5.32 Å². The number of hydrogen-bond donors (Lipinski definition) is 1. The van der Waals surface area contributed by atoms with Crippen molar-refractivity contribution >= 4 is 11.9 Å². The van der Waals surface area contributed by atoms with Crippen molar-refractivity contribution in [2.75, 3.05) is 7.11 Å². The predicted octanol–water partition coefficient (Wildman–Crippen LogP) is 1.74. The average Bonchev–Trinajstić information content (AvgIpc) is 2.10. The minimum absolute atomic E-state index is 0.0166. The van der Waals surface area contributed by atoms with E-state index in [1.54, 1.807) is 6.92 Å². The molecule has 0 aliphatic rings. The largest absolute Gasteiger partial charge is 0.453 e. The number of hydrogen-bond acceptors (Lipinski definition) is 3. The van der Waals surface area contributed by atoms with Gasteiger partial charge >= 0.3 is 6.09 Å². The summed E-state index contributed by atoms with van der Waals surface area (Å²) in [6.07, 6.45) is -0.155. The van der Waals surface area contributed by atoms with E-state index in [0.717, 1.165) is 0 Å². The minimum Gasteiger partial charge on any atom is -0.453 e. The quantitative estimate of drug-likeness (QED) is 0.756. The molecule has 0 saturated carbocycles. The van der Waals surface area contributed by atoms with Crippen molar-refractivity contribution in [3.8, 4) is 0 Å². The van der Waals surface area contributed by atoms with Crippen molar-refractivity contribution in [3.63, 3.8) is 0 Å². The van der Waals surface area contributed by atoms with Gasteiger partial charge in [-0.1, -0.05) is 27.7 Å². The maximum atomic E-state index is 11.5. The van der Waals surface area contributed by atoms with Crippen LogP contribution in [0.15, 0.2) is 0 Å². The van der Waals surface area contributed by atoms with E-state index in [9.17, 15) is 9.59 Å². The zero-order valence-electron chi connectivity index (χ0n) is 9.51. The Morgan fingerprint density at radius 3 is 2.14 bits per heavy atom. The third-order valence-electron chi connectivity index (χ3n) is 1.98. The van der Waals surface area contributed by atoms with Crippen molar-refractivity contribution in [3.05, 3.63) is 0 Å². The van der Waals surface area contributed by atoms with Crippen LogP contribution in [0, 0.1) is 5.41 Å². The Kier molecular flexibility index (Phi) is 4.60. The van der Waals surface area contributed by atoms with Crippen LogP contribution in [0.5, 0.6) is 0 Å². The molecular weight excluding hydrogens is 182 g/mol. The molecule has 0 unspecified atom stereocenters. The fraction of sp³-hybridized carbons (Fsp3) is 0.800. The average molecular weight is 201 g/mol. The van der Waals surface area contributed by atoms with E-state index in [2.05, 4.69) is 10.1 Å². The maximum absolute atomic E-state index is 11.5. The van der Waals surface area contributed by atoms with Gasteiger partial charge in [0.25, 0.3) is 0 Å². The first-order valence-electron chi connectivity index (χ1n) is 4.70. The van der Waals surface area contributed by atoms with Crippen LogP contribution in [0.3, 0.4) is 0 Å². The summed E-state index contributed by atoms with van der Waals surface area (Å²) >= 11 is 0. The number of amides is 1. The number of ketones is 1. The molecule has 0 aromatic carbocycles. The van der Waals surface area contributed by atoms with E-state index in [0.29, 0.717) is 6.42 Å². The van der Waals surface area contributed by atoms with Crippen molar-refractivity contribution in [2.45, 2.75) is 40.2 Å². The summed E-state index contributed by atoms with van der Waals surface area (Å²) in [5, 5.41) is 2.55. The van der Waals surface area contributed by atoms with Crippen LogP contribution in [0.4, 0.5) is 4.79 Å². The molecule has 0 aliphatic carbocycles. The molecule has 0 rings (SSSR count). The Morgan fingerprint density at radius 2 is 1.86 bits per heavy atom. The van der Waals surface area contributed by atoms with Gasteiger partial charge in [0.15, 0.2) is 5.78 Å². The van der Waals surface area contributed by atoms with E-state index in [1.165, 1.54) is 7.11 Å². The molecule has 4 nitrogen and oxygen atoms in total. The van der Waals surface area contributed by atoms with Gasteiger partial charge in [0.05, 0.1) is 13.2 Å². The molecule has 0 saturated heterocycles. The second-order valence-corrected chi connectivity index (χ2v) is 4.25. The second kappa shape index (κ2) is 4.98. The van der Waals surface area contributed by atoms with Crippen LogP contribution in [0.1, 0.15) is 34.1 Å². The molecule has 1 atom stereocenters. The summed E-state index contributed by atoms with van der Waals surface area (Å²) in [5.41, 5.74) is -0.290. The third kappa shape index (κ3) is 3.77. The van der Waals surface area contributed by atoms with Crippen molar-refractivity contribution in [2.24, 2.45) is 5.41 Å². The topological polar surface area (TPSA) is 55.4 Å². The molecule has 14 heavy (non-hydrogen) atoms. The summed E-state index contributed by atoms with van der Waals surface area (Å²) in [7, 11) is 1.28. The molecule has 0 heterocycles. The minimum atomic E-state index is -0.563. The number of ether oxygens (including phenoxy) is 1. The molecule has 0 fully saturated rings. The number of methoxy groups -OCH3 is 1. The number of carbonyl (C=O) groups is 2. The number of Topliss-reactive ketones (excluding diaryl/α,β-unsaturated/α-hetero) is 1. The maximum Gasteiger partial charge on any atom is 0.407 e. The Hall–Kier alpha value is -1.06. The van der Waals surface area contributed by atoms with Gasteiger partial charge in [-0.3, -0.25) is 4.79 Å². The molecule has 1 amide bonds. The number of rotatable bonds is 3. The van der Waals surface area contributed by atoms with Gasteiger partial charge < -0.3 is 10.1 Å². The van der Waals surface area contributed by atoms with Crippen molar-refractivity contribution < 1.29 is 14.3 Å². The number of carbonyl (C=O) groups excluding carboxylic acids is 2. The van der Waals surface area contributed by atoms with Crippen LogP contribution in [0.2, 0.25) is 0 Å². The van der Waals surface area contributed by atoms with E-state index >= 15 is 0 Å². The number of nitrogens with one attached hydrogen (secondary N) is 1. The van der Waals surface area contributed by atoms with Gasteiger partial charge in [0.1, 0.15) is 0 Å². The molecule has 1 N–H and O–H groups in total. The smallest absolute Gasteiger partial charge is 0.407 e. The fourth-order valence-corrected chi connectivity index (χ4v) is 1.16. The SMILES string of the molecule is CCC(=O)[C@H](NC(=O)OC)C(C)(C)C. The zero-order valence-corrected chi connectivity index (χ0v) is 9.51. The monoisotopic (exact) mass is 201 g/mol.